The summed E-state index contributed by atoms with van der Waals surface area (Å²) >= 11 is 0. The minimum Gasteiger partial charge on any atom is -0.355 e. The maximum atomic E-state index is 12.4. The first-order chi connectivity index (χ1) is 12.0. The number of carbonyl (C=O) groups excluding carboxylic acids is 1. The lowest BCUT2D eigenvalue weighted by Crippen LogP contribution is -2.44. The van der Waals surface area contributed by atoms with Crippen molar-refractivity contribution in [3.63, 3.8) is 0 Å². The Balaban J connectivity index is 1.31. The fourth-order valence-electron chi connectivity index (χ4n) is 4.07. The van der Waals surface area contributed by atoms with Gasteiger partial charge in [0.2, 0.25) is 5.91 Å². The van der Waals surface area contributed by atoms with Crippen LogP contribution in [0.3, 0.4) is 0 Å². The summed E-state index contributed by atoms with van der Waals surface area (Å²) in [6, 6.07) is 1.94. The standard InChI is InChI=1S/C17H24N4O3S/c22-17(18-14-6-9-25(23,24)11-14)12-4-7-21(8-5-12)16-10-13-2-1-3-15(13)19-20-16/h10,12,14H,1-9,11H2,(H,18,22)/t14-/m1/s1. The Bertz CT molecular complexity index is 772. The van der Waals surface area contributed by atoms with Crippen LogP contribution in [0.25, 0.3) is 0 Å². The zero-order chi connectivity index (χ0) is 17.4. The smallest absolute Gasteiger partial charge is 0.223 e. The summed E-state index contributed by atoms with van der Waals surface area (Å²) in [6.07, 6.45) is 5.35. The lowest BCUT2D eigenvalue weighted by Gasteiger charge is -2.32. The first-order valence-corrected chi connectivity index (χ1v) is 10.9. The Morgan fingerprint density at radius 2 is 1.96 bits per heavy atom. The molecule has 2 fully saturated rings. The normalized spacial score (nSPS) is 25.8. The second-order valence-corrected chi connectivity index (χ2v) is 9.63. The van der Waals surface area contributed by atoms with Crippen molar-refractivity contribution in [2.45, 2.75) is 44.6 Å². The van der Waals surface area contributed by atoms with E-state index in [4.69, 9.17) is 0 Å². The summed E-state index contributed by atoms with van der Waals surface area (Å²) in [5, 5.41) is 11.6. The molecule has 1 N–H and O–H groups in total. The number of sulfone groups is 1. The third-order valence-electron chi connectivity index (χ3n) is 5.58. The van der Waals surface area contributed by atoms with Crippen LogP contribution in [0.4, 0.5) is 5.82 Å². The van der Waals surface area contributed by atoms with Crippen LogP contribution in [-0.4, -0.2) is 55.2 Å². The zero-order valence-corrected chi connectivity index (χ0v) is 15.1. The van der Waals surface area contributed by atoms with Crippen LogP contribution in [0.1, 0.15) is 36.9 Å². The molecule has 0 bridgehead atoms. The molecule has 2 saturated heterocycles. The third-order valence-corrected chi connectivity index (χ3v) is 7.34. The molecule has 0 radical (unpaired) electrons. The van der Waals surface area contributed by atoms with Crippen molar-refractivity contribution in [1.29, 1.82) is 0 Å². The zero-order valence-electron chi connectivity index (χ0n) is 14.3. The van der Waals surface area contributed by atoms with Crippen LogP contribution in [0, 0.1) is 5.92 Å². The molecule has 8 heteroatoms. The van der Waals surface area contributed by atoms with Gasteiger partial charge in [0.25, 0.3) is 0 Å². The van der Waals surface area contributed by atoms with E-state index in [-0.39, 0.29) is 29.4 Å². The first-order valence-electron chi connectivity index (χ1n) is 9.11. The van der Waals surface area contributed by atoms with E-state index in [0.29, 0.717) is 6.42 Å². The van der Waals surface area contributed by atoms with E-state index in [1.807, 2.05) is 0 Å². The minimum atomic E-state index is -2.96. The predicted octanol–water partition coefficient (Wildman–Crippen LogP) is 0.485. The van der Waals surface area contributed by atoms with Crippen LogP contribution in [0.5, 0.6) is 0 Å². The van der Waals surface area contributed by atoms with E-state index in [1.165, 1.54) is 5.56 Å². The van der Waals surface area contributed by atoms with E-state index < -0.39 is 9.84 Å². The number of amides is 1. The monoisotopic (exact) mass is 364 g/mol. The average Bonchev–Trinajstić information content (AvgIpc) is 3.20. The summed E-state index contributed by atoms with van der Waals surface area (Å²) in [6.45, 7) is 1.57. The van der Waals surface area contributed by atoms with E-state index in [1.54, 1.807) is 0 Å². The Morgan fingerprint density at radius 1 is 1.16 bits per heavy atom. The Kier molecular flexibility index (Phi) is 4.39. The van der Waals surface area contributed by atoms with Gasteiger partial charge in [0.05, 0.1) is 17.2 Å². The Labute approximate surface area is 148 Å². The number of nitrogens with one attached hydrogen (secondary N) is 1. The second kappa shape index (κ2) is 6.55. The predicted molar refractivity (Wildman–Crippen MR) is 94.2 cm³/mol. The van der Waals surface area contributed by atoms with E-state index in [2.05, 4.69) is 26.5 Å². The maximum Gasteiger partial charge on any atom is 0.223 e. The number of piperidine rings is 1. The van der Waals surface area contributed by atoms with Crippen LogP contribution in [0.15, 0.2) is 6.07 Å². The van der Waals surface area contributed by atoms with Crippen molar-refractivity contribution < 1.29 is 13.2 Å². The number of anilines is 1. The highest BCUT2D eigenvalue weighted by Gasteiger charge is 2.32. The first kappa shape index (κ1) is 16.8. The van der Waals surface area contributed by atoms with Gasteiger partial charge in [-0.2, -0.15) is 5.10 Å². The van der Waals surface area contributed by atoms with Gasteiger partial charge < -0.3 is 10.2 Å². The number of hydrogen-bond acceptors (Lipinski definition) is 6. The lowest BCUT2D eigenvalue weighted by molar-refractivity contribution is -0.126. The SMILES string of the molecule is O=C(N[C@@H]1CCS(=O)(=O)C1)C1CCN(c2cc3c(nn2)CCC3)CC1. The third kappa shape index (κ3) is 3.63. The molecule has 2 aliphatic heterocycles. The summed E-state index contributed by atoms with van der Waals surface area (Å²) in [5.41, 5.74) is 2.44. The molecule has 7 nitrogen and oxygen atoms in total. The lowest BCUT2D eigenvalue weighted by atomic mass is 9.95. The van der Waals surface area contributed by atoms with Gasteiger partial charge >= 0.3 is 0 Å². The highest BCUT2D eigenvalue weighted by Crippen LogP contribution is 2.26. The molecular weight excluding hydrogens is 340 g/mol. The van der Waals surface area contributed by atoms with Gasteiger partial charge in [-0.05, 0) is 50.2 Å². The molecule has 1 atom stereocenters. The number of hydrogen-bond donors (Lipinski definition) is 1. The molecule has 136 valence electrons. The minimum absolute atomic E-state index is 0.00166. The molecule has 0 saturated carbocycles. The number of aryl methyl sites for hydroxylation is 2. The van der Waals surface area contributed by atoms with Gasteiger partial charge in [-0.3, -0.25) is 4.79 Å². The van der Waals surface area contributed by atoms with Crippen molar-refractivity contribution in [2.75, 3.05) is 29.5 Å². The molecule has 4 rings (SSSR count). The molecule has 25 heavy (non-hydrogen) atoms. The highest BCUT2D eigenvalue weighted by atomic mass is 32.2. The number of aromatic nitrogens is 2. The summed E-state index contributed by atoms with van der Waals surface area (Å²) < 4.78 is 23.0. The second-order valence-electron chi connectivity index (χ2n) is 7.40. The number of fused-ring (bicyclic) bond motifs is 1. The number of carbonyl (C=O) groups is 1. The summed E-state index contributed by atoms with van der Waals surface area (Å²) in [7, 11) is -2.96. The van der Waals surface area contributed by atoms with Crippen molar-refractivity contribution in [3.8, 4) is 0 Å². The van der Waals surface area contributed by atoms with Gasteiger partial charge in [-0.1, -0.05) is 0 Å². The highest BCUT2D eigenvalue weighted by molar-refractivity contribution is 7.91. The van der Waals surface area contributed by atoms with Gasteiger partial charge in [-0.15, -0.1) is 5.10 Å². The van der Waals surface area contributed by atoms with Crippen molar-refractivity contribution in [2.24, 2.45) is 5.92 Å². The molecule has 1 aromatic heterocycles. The molecule has 0 spiro atoms. The summed E-state index contributed by atoms with van der Waals surface area (Å²) in [5.74, 6) is 1.15. The maximum absolute atomic E-state index is 12.4. The quantitative estimate of drug-likeness (QED) is 0.839. The van der Waals surface area contributed by atoms with Crippen LogP contribution >= 0.6 is 0 Å². The van der Waals surface area contributed by atoms with Crippen molar-refractivity contribution in [3.05, 3.63) is 17.3 Å². The molecule has 1 amide bonds. The van der Waals surface area contributed by atoms with Crippen molar-refractivity contribution >= 4 is 21.6 Å². The van der Waals surface area contributed by atoms with Gasteiger partial charge in [0.1, 0.15) is 0 Å². The molecule has 3 aliphatic rings. The Morgan fingerprint density at radius 3 is 2.68 bits per heavy atom. The molecule has 0 aromatic carbocycles. The fraction of sp³-hybridized carbons (Fsp3) is 0.706. The molecule has 1 aliphatic carbocycles. The molecule has 3 heterocycles. The number of rotatable bonds is 3. The largest absolute Gasteiger partial charge is 0.355 e. The van der Waals surface area contributed by atoms with Gasteiger partial charge in [-0.25, -0.2) is 8.42 Å². The average molecular weight is 364 g/mol. The number of nitrogens with zero attached hydrogens (tertiary/aromatic N) is 3. The topological polar surface area (TPSA) is 92.3 Å². The van der Waals surface area contributed by atoms with Crippen LogP contribution in [-0.2, 0) is 27.5 Å². The van der Waals surface area contributed by atoms with Gasteiger partial charge in [0, 0.05) is 25.0 Å². The summed E-state index contributed by atoms with van der Waals surface area (Å²) in [4.78, 5) is 14.6. The Hall–Kier alpha value is -1.70. The van der Waals surface area contributed by atoms with Crippen LogP contribution in [0.2, 0.25) is 0 Å². The molecule has 0 unspecified atom stereocenters. The molecule has 1 aromatic rings. The fourth-order valence-corrected chi connectivity index (χ4v) is 5.74. The van der Waals surface area contributed by atoms with E-state index in [0.717, 1.165) is 56.7 Å². The van der Waals surface area contributed by atoms with Crippen LogP contribution < -0.4 is 10.2 Å². The van der Waals surface area contributed by atoms with Gasteiger partial charge in [0.15, 0.2) is 15.7 Å². The van der Waals surface area contributed by atoms with E-state index >= 15 is 0 Å². The molecular formula is C17H24N4O3S. The van der Waals surface area contributed by atoms with Crippen molar-refractivity contribution in [1.82, 2.24) is 15.5 Å². The van der Waals surface area contributed by atoms with E-state index in [9.17, 15) is 13.2 Å².